The minimum absolute atomic E-state index is 0.243. The number of primary amides is 1. The predicted octanol–water partition coefficient (Wildman–Crippen LogP) is 1.04. The molecular weight excluding hydrogens is 264 g/mol. The van der Waals surface area contributed by atoms with Gasteiger partial charge in [0, 0.05) is 19.1 Å². The van der Waals surface area contributed by atoms with Crippen LogP contribution in [0.2, 0.25) is 0 Å². The molecule has 1 aliphatic rings. The first-order valence-electron chi connectivity index (χ1n) is 8.32. The number of nitrogens with two attached hydrogens (primary N) is 1. The van der Waals surface area contributed by atoms with Crippen molar-refractivity contribution in [3.8, 4) is 0 Å². The standard InChI is InChI=1S/C16H34N4O/c1-14(2)18-16(3,15(17)21)8-5-6-10-20-11-7-9-19(4)12-13-20/h14,18H,5-13H2,1-4H3,(H2,17,21). The molecule has 0 spiro atoms. The highest BCUT2D eigenvalue weighted by atomic mass is 16.1. The summed E-state index contributed by atoms with van der Waals surface area (Å²) in [6, 6.07) is 0.267. The van der Waals surface area contributed by atoms with Crippen LogP contribution in [0.15, 0.2) is 0 Å². The van der Waals surface area contributed by atoms with Crippen molar-refractivity contribution in [3.05, 3.63) is 0 Å². The number of nitrogens with one attached hydrogen (secondary N) is 1. The number of hydrogen-bond donors (Lipinski definition) is 2. The van der Waals surface area contributed by atoms with Crippen molar-refractivity contribution in [2.45, 2.75) is 58.0 Å². The Balaban J connectivity index is 2.29. The summed E-state index contributed by atoms with van der Waals surface area (Å²) >= 11 is 0. The first-order chi connectivity index (χ1) is 9.83. The topological polar surface area (TPSA) is 61.6 Å². The maximum atomic E-state index is 11.7. The third-order valence-electron chi connectivity index (χ3n) is 4.36. The number of amides is 1. The molecule has 124 valence electrons. The zero-order valence-corrected chi connectivity index (χ0v) is 14.3. The number of carbonyl (C=O) groups is 1. The van der Waals surface area contributed by atoms with Crippen molar-refractivity contribution in [1.82, 2.24) is 15.1 Å². The zero-order chi connectivity index (χ0) is 15.9. The minimum Gasteiger partial charge on any atom is -0.368 e. The van der Waals surface area contributed by atoms with Crippen molar-refractivity contribution >= 4 is 5.91 Å². The van der Waals surface area contributed by atoms with Gasteiger partial charge in [-0.2, -0.15) is 0 Å². The van der Waals surface area contributed by atoms with Gasteiger partial charge in [-0.05, 0) is 73.1 Å². The summed E-state index contributed by atoms with van der Waals surface area (Å²) in [5.41, 5.74) is 4.99. The molecule has 1 atom stereocenters. The lowest BCUT2D eigenvalue weighted by molar-refractivity contribution is -0.124. The van der Waals surface area contributed by atoms with Crippen molar-refractivity contribution in [1.29, 1.82) is 0 Å². The molecule has 1 amide bonds. The number of unbranched alkanes of at least 4 members (excludes halogenated alkanes) is 1. The van der Waals surface area contributed by atoms with Gasteiger partial charge in [-0.25, -0.2) is 0 Å². The first kappa shape index (κ1) is 18.4. The maximum absolute atomic E-state index is 11.7. The molecule has 5 nitrogen and oxygen atoms in total. The van der Waals surface area contributed by atoms with Crippen LogP contribution in [0.3, 0.4) is 0 Å². The lowest BCUT2D eigenvalue weighted by atomic mass is 9.93. The molecule has 3 N–H and O–H groups in total. The first-order valence-corrected chi connectivity index (χ1v) is 8.32. The predicted molar refractivity (Wildman–Crippen MR) is 88.3 cm³/mol. The highest BCUT2D eigenvalue weighted by molar-refractivity contribution is 5.84. The fourth-order valence-electron chi connectivity index (χ4n) is 3.04. The van der Waals surface area contributed by atoms with E-state index in [1.165, 1.54) is 19.5 Å². The second kappa shape index (κ2) is 8.71. The molecule has 1 heterocycles. The fourth-order valence-corrected chi connectivity index (χ4v) is 3.04. The van der Waals surface area contributed by atoms with Gasteiger partial charge >= 0.3 is 0 Å². The molecule has 21 heavy (non-hydrogen) atoms. The summed E-state index contributed by atoms with van der Waals surface area (Å²) in [5, 5.41) is 3.32. The SMILES string of the molecule is CC(C)NC(C)(CCCCN1CCCN(C)CC1)C(N)=O. The van der Waals surface area contributed by atoms with Gasteiger partial charge in [0.05, 0.1) is 5.54 Å². The monoisotopic (exact) mass is 298 g/mol. The van der Waals surface area contributed by atoms with E-state index in [-0.39, 0.29) is 11.9 Å². The summed E-state index contributed by atoms with van der Waals surface area (Å²) in [6.45, 7) is 11.9. The Labute approximate surface area is 130 Å². The van der Waals surface area contributed by atoms with Crippen LogP contribution in [0.4, 0.5) is 0 Å². The molecule has 1 rings (SSSR count). The van der Waals surface area contributed by atoms with E-state index in [4.69, 9.17) is 5.73 Å². The van der Waals surface area contributed by atoms with Crippen molar-refractivity contribution in [2.24, 2.45) is 5.73 Å². The Morgan fingerprint density at radius 2 is 1.95 bits per heavy atom. The Kier molecular flexibility index (Phi) is 7.63. The summed E-state index contributed by atoms with van der Waals surface area (Å²) in [5.74, 6) is -0.243. The van der Waals surface area contributed by atoms with E-state index in [1.54, 1.807) is 0 Å². The van der Waals surface area contributed by atoms with Crippen LogP contribution in [0, 0.1) is 0 Å². The van der Waals surface area contributed by atoms with Gasteiger partial charge in [-0.3, -0.25) is 4.79 Å². The van der Waals surface area contributed by atoms with Gasteiger partial charge in [0.2, 0.25) is 5.91 Å². The molecule has 0 aliphatic carbocycles. The molecule has 0 radical (unpaired) electrons. The Morgan fingerprint density at radius 3 is 2.57 bits per heavy atom. The molecule has 1 saturated heterocycles. The third kappa shape index (κ3) is 6.76. The third-order valence-corrected chi connectivity index (χ3v) is 4.36. The van der Waals surface area contributed by atoms with Crippen LogP contribution in [0.1, 0.15) is 46.5 Å². The molecule has 5 heteroatoms. The number of likely N-dealkylation sites (N-methyl/N-ethyl adjacent to an activating group) is 1. The second-order valence-electron chi connectivity index (χ2n) is 6.95. The lowest BCUT2D eigenvalue weighted by Gasteiger charge is -2.30. The van der Waals surface area contributed by atoms with E-state index in [9.17, 15) is 4.79 Å². The van der Waals surface area contributed by atoms with Crippen molar-refractivity contribution < 1.29 is 4.79 Å². The van der Waals surface area contributed by atoms with Gasteiger partial charge in [0.1, 0.15) is 0 Å². The molecule has 0 aromatic heterocycles. The average Bonchev–Trinajstić information content (AvgIpc) is 2.58. The van der Waals surface area contributed by atoms with E-state index in [2.05, 4.69) is 36.0 Å². The highest BCUT2D eigenvalue weighted by Crippen LogP contribution is 2.15. The molecule has 1 aliphatic heterocycles. The molecule has 1 fully saturated rings. The van der Waals surface area contributed by atoms with Gasteiger partial charge in [-0.15, -0.1) is 0 Å². The number of hydrogen-bond acceptors (Lipinski definition) is 4. The van der Waals surface area contributed by atoms with Gasteiger partial charge in [-0.1, -0.05) is 0 Å². The van der Waals surface area contributed by atoms with E-state index in [1.807, 2.05) is 6.92 Å². The van der Waals surface area contributed by atoms with Crippen LogP contribution in [-0.4, -0.2) is 67.1 Å². The summed E-state index contributed by atoms with van der Waals surface area (Å²) in [7, 11) is 2.19. The largest absolute Gasteiger partial charge is 0.368 e. The van der Waals surface area contributed by atoms with Crippen LogP contribution >= 0.6 is 0 Å². The fraction of sp³-hybridized carbons (Fsp3) is 0.938. The van der Waals surface area contributed by atoms with Crippen LogP contribution in [0.5, 0.6) is 0 Å². The van der Waals surface area contributed by atoms with E-state index < -0.39 is 5.54 Å². The highest BCUT2D eigenvalue weighted by Gasteiger charge is 2.30. The maximum Gasteiger partial charge on any atom is 0.237 e. The Hall–Kier alpha value is -0.650. The summed E-state index contributed by atoms with van der Waals surface area (Å²) in [4.78, 5) is 16.6. The van der Waals surface area contributed by atoms with Crippen molar-refractivity contribution in [3.63, 3.8) is 0 Å². The Morgan fingerprint density at radius 1 is 1.24 bits per heavy atom. The van der Waals surface area contributed by atoms with E-state index >= 15 is 0 Å². The van der Waals surface area contributed by atoms with Crippen LogP contribution in [-0.2, 0) is 4.79 Å². The average molecular weight is 298 g/mol. The zero-order valence-electron chi connectivity index (χ0n) is 14.3. The van der Waals surface area contributed by atoms with Gasteiger partial charge < -0.3 is 20.9 Å². The number of carbonyl (C=O) groups excluding carboxylic acids is 1. The summed E-state index contributed by atoms with van der Waals surface area (Å²) in [6.07, 6.45) is 4.23. The molecule has 0 saturated carbocycles. The smallest absolute Gasteiger partial charge is 0.237 e. The van der Waals surface area contributed by atoms with Crippen LogP contribution in [0.25, 0.3) is 0 Å². The molecule has 0 aromatic carbocycles. The molecule has 0 bridgehead atoms. The van der Waals surface area contributed by atoms with Gasteiger partial charge in [0.25, 0.3) is 0 Å². The second-order valence-corrected chi connectivity index (χ2v) is 6.95. The van der Waals surface area contributed by atoms with E-state index in [0.717, 1.165) is 38.9 Å². The number of nitrogens with zero attached hydrogens (tertiary/aromatic N) is 2. The van der Waals surface area contributed by atoms with Crippen molar-refractivity contribution in [2.75, 3.05) is 39.8 Å². The lowest BCUT2D eigenvalue weighted by Crippen LogP contribution is -2.55. The normalized spacial score (nSPS) is 21.2. The molecular formula is C16H34N4O. The molecule has 1 unspecified atom stereocenters. The quantitative estimate of drug-likeness (QED) is 0.657. The Bertz CT molecular complexity index is 321. The van der Waals surface area contributed by atoms with Crippen LogP contribution < -0.4 is 11.1 Å². The minimum atomic E-state index is -0.576. The number of rotatable bonds is 8. The summed E-state index contributed by atoms with van der Waals surface area (Å²) < 4.78 is 0. The van der Waals surface area contributed by atoms with Gasteiger partial charge in [0.15, 0.2) is 0 Å². The molecule has 0 aromatic rings. The van der Waals surface area contributed by atoms with E-state index in [0.29, 0.717) is 0 Å².